The maximum Gasteiger partial charge on any atom is 0.273 e. The Balaban J connectivity index is 1.46. The van der Waals surface area contributed by atoms with Gasteiger partial charge in [0.05, 0.1) is 6.04 Å². The fourth-order valence-corrected chi connectivity index (χ4v) is 4.17. The van der Waals surface area contributed by atoms with Gasteiger partial charge in [0.1, 0.15) is 0 Å². The van der Waals surface area contributed by atoms with Crippen LogP contribution >= 0.6 is 0 Å². The van der Waals surface area contributed by atoms with Gasteiger partial charge >= 0.3 is 0 Å². The van der Waals surface area contributed by atoms with Crippen molar-refractivity contribution in [2.45, 2.75) is 45.6 Å². The van der Waals surface area contributed by atoms with Gasteiger partial charge in [0.15, 0.2) is 11.5 Å². The first-order valence-electron chi connectivity index (χ1n) is 11.2. The molecule has 3 aromatic rings. The van der Waals surface area contributed by atoms with E-state index in [9.17, 15) is 4.79 Å². The lowest BCUT2D eigenvalue weighted by Gasteiger charge is -2.31. The van der Waals surface area contributed by atoms with Crippen LogP contribution in [0.1, 0.15) is 58.9 Å². The highest BCUT2D eigenvalue weighted by molar-refractivity contribution is 5.93. The molecule has 1 saturated heterocycles. The van der Waals surface area contributed by atoms with Gasteiger partial charge in [0.25, 0.3) is 5.91 Å². The van der Waals surface area contributed by atoms with Gasteiger partial charge in [-0.1, -0.05) is 77.7 Å². The summed E-state index contributed by atoms with van der Waals surface area (Å²) >= 11 is 0. The Morgan fingerprint density at radius 2 is 1.58 bits per heavy atom. The van der Waals surface area contributed by atoms with Crippen molar-refractivity contribution in [3.8, 4) is 11.3 Å². The molecule has 2 aromatic carbocycles. The molecule has 0 aliphatic carbocycles. The standard InChI is InChI=1S/C26H31N3O2/c1-19-7-11-21(12-8-19)24(29-15-5-3-4-6-16-29)18-27-26(30)23-17-25(31-28-23)22-13-9-20(2)10-14-22/h7-14,17,24H,3-6,15-16,18H2,1-2H3,(H,27,30)/t24-/m1/s1. The zero-order valence-electron chi connectivity index (χ0n) is 18.4. The van der Waals surface area contributed by atoms with Crippen LogP contribution in [0.3, 0.4) is 0 Å². The van der Waals surface area contributed by atoms with E-state index in [0.717, 1.165) is 18.7 Å². The smallest absolute Gasteiger partial charge is 0.273 e. The Morgan fingerprint density at radius 1 is 0.968 bits per heavy atom. The molecule has 1 aromatic heterocycles. The highest BCUT2D eigenvalue weighted by Crippen LogP contribution is 2.25. The Bertz CT molecular complexity index is 984. The Hall–Kier alpha value is -2.92. The predicted octanol–water partition coefficient (Wildman–Crippen LogP) is 5.31. The number of likely N-dealkylation sites (tertiary alicyclic amines) is 1. The van der Waals surface area contributed by atoms with Crippen LogP contribution in [-0.2, 0) is 0 Å². The van der Waals surface area contributed by atoms with Crippen LogP contribution in [0.25, 0.3) is 11.3 Å². The second-order valence-electron chi connectivity index (χ2n) is 8.53. The zero-order chi connectivity index (χ0) is 21.6. The summed E-state index contributed by atoms with van der Waals surface area (Å²) in [5, 5.41) is 7.10. The van der Waals surface area contributed by atoms with Crippen LogP contribution in [0.15, 0.2) is 59.1 Å². The van der Waals surface area contributed by atoms with Gasteiger partial charge in [-0.05, 0) is 45.3 Å². The van der Waals surface area contributed by atoms with Crippen LogP contribution in [0.4, 0.5) is 0 Å². The molecule has 5 nitrogen and oxygen atoms in total. The Morgan fingerprint density at radius 3 is 2.23 bits per heavy atom. The summed E-state index contributed by atoms with van der Waals surface area (Å²) < 4.78 is 5.43. The van der Waals surface area contributed by atoms with E-state index in [1.807, 2.05) is 31.2 Å². The molecule has 31 heavy (non-hydrogen) atoms. The fraction of sp³-hybridized carbons (Fsp3) is 0.385. The average molecular weight is 418 g/mol. The maximum absolute atomic E-state index is 12.8. The van der Waals surface area contributed by atoms with Crippen molar-refractivity contribution in [1.29, 1.82) is 0 Å². The molecule has 1 amide bonds. The third kappa shape index (κ3) is 5.42. The molecule has 1 atom stereocenters. The number of nitrogens with one attached hydrogen (secondary N) is 1. The van der Waals surface area contributed by atoms with Crippen LogP contribution < -0.4 is 5.32 Å². The number of hydrogen-bond donors (Lipinski definition) is 1. The number of benzene rings is 2. The number of hydrogen-bond acceptors (Lipinski definition) is 4. The van der Waals surface area contributed by atoms with Crippen molar-refractivity contribution in [3.63, 3.8) is 0 Å². The van der Waals surface area contributed by atoms with Gasteiger partial charge in [-0.25, -0.2) is 0 Å². The third-order valence-electron chi connectivity index (χ3n) is 6.08. The minimum Gasteiger partial charge on any atom is -0.355 e. The van der Waals surface area contributed by atoms with E-state index >= 15 is 0 Å². The molecule has 5 heteroatoms. The van der Waals surface area contributed by atoms with Gasteiger partial charge in [-0.2, -0.15) is 0 Å². The fourth-order valence-electron chi connectivity index (χ4n) is 4.17. The van der Waals surface area contributed by atoms with E-state index in [0.29, 0.717) is 18.0 Å². The SMILES string of the molecule is Cc1ccc(-c2cc(C(=O)NC[C@H](c3ccc(C)cc3)N3CCCCCC3)no2)cc1. The largest absolute Gasteiger partial charge is 0.355 e. The van der Waals surface area contributed by atoms with E-state index in [-0.39, 0.29) is 11.9 Å². The summed E-state index contributed by atoms with van der Waals surface area (Å²) in [6.45, 7) is 6.82. The van der Waals surface area contributed by atoms with Crippen molar-refractivity contribution in [1.82, 2.24) is 15.4 Å². The maximum atomic E-state index is 12.8. The molecule has 0 unspecified atom stereocenters. The number of aryl methyl sites for hydroxylation is 2. The van der Waals surface area contributed by atoms with Crippen molar-refractivity contribution in [3.05, 3.63) is 77.0 Å². The van der Waals surface area contributed by atoms with Crippen LogP contribution in [0.5, 0.6) is 0 Å². The van der Waals surface area contributed by atoms with Crippen molar-refractivity contribution >= 4 is 5.91 Å². The number of carbonyl (C=O) groups is 1. The summed E-state index contributed by atoms with van der Waals surface area (Å²) in [4.78, 5) is 15.3. The van der Waals surface area contributed by atoms with Crippen LogP contribution in [-0.4, -0.2) is 35.6 Å². The average Bonchev–Trinajstić information content (AvgIpc) is 3.12. The molecule has 0 spiro atoms. The molecule has 0 saturated carbocycles. The van der Waals surface area contributed by atoms with E-state index in [2.05, 4.69) is 46.6 Å². The van der Waals surface area contributed by atoms with E-state index in [1.165, 1.54) is 42.4 Å². The van der Waals surface area contributed by atoms with Gasteiger partial charge in [0.2, 0.25) is 0 Å². The van der Waals surface area contributed by atoms with Crippen molar-refractivity contribution in [2.24, 2.45) is 0 Å². The number of rotatable bonds is 6. The molecule has 1 aliphatic heterocycles. The first-order valence-corrected chi connectivity index (χ1v) is 11.2. The molecule has 2 heterocycles. The lowest BCUT2D eigenvalue weighted by atomic mass is 10.0. The monoisotopic (exact) mass is 417 g/mol. The molecule has 4 rings (SSSR count). The number of carbonyl (C=O) groups excluding carboxylic acids is 1. The summed E-state index contributed by atoms with van der Waals surface area (Å²) in [5.41, 5.74) is 4.90. The van der Waals surface area contributed by atoms with Crippen molar-refractivity contribution in [2.75, 3.05) is 19.6 Å². The minimum atomic E-state index is -0.200. The predicted molar refractivity (Wildman–Crippen MR) is 123 cm³/mol. The third-order valence-corrected chi connectivity index (χ3v) is 6.08. The van der Waals surface area contributed by atoms with E-state index < -0.39 is 0 Å². The molecular weight excluding hydrogens is 386 g/mol. The zero-order valence-corrected chi connectivity index (χ0v) is 18.4. The summed E-state index contributed by atoms with van der Waals surface area (Å²) in [6, 6.07) is 18.5. The highest BCUT2D eigenvalue weighted by Gasteiger charge is 2.23. The minimum absolute atomic E-state index is 0.158. The van der Waals surface area contributed by atoms with Crippen molar-refractivity contribution < 1.29 is 9.32 Å². The number of nitrogens with zero attached hydrogens (tertiary/aromatic N) is 2. The summed E-state index contributed by atoms with van der Waals surface area (Å²) in [5.74, 6) is 0.404. The number of amides is 1. The first kappa shape index (κ1) is 21.3. The number of aromatic nitrogens is 1. The normalized spacial score (nSPS) is 15.9. The van der Waals surface area contributed by atoms with Gasteiger partial charge < -0.3 is 9.84 Å². The Kier molecular flexibility index (Phi) is 6.82. The van der Waals surface area contributed by atoms with Crippen LogP contribution in [0, 0.1) is 13.8 Å². The quantitative estimate of drug-likeness (QED) is 0.591. The highest BCUT2D eigenvalue weighted by atomic mass is 16.5. The van der Waals surface area contributed by atoms with Crippen LogP contribution in [0.2, 0.25) is 0 Å². The first-order chi connectivity index (χ1) is 15.1. The lowest BCUT2D eigenvalue weighted by molar-refractivity contribution is 0.0924. The second-order valence-corrected chi connectivity index (χ2v) is 8.53. The summed E-state index contributed by atoms with van der Waals surface area (Å²) in [7, 11) is 0. The van der Waals surface area contributed by atoms with Gasteiger partial charge in [-0.15, -0.1) is 0 Å². The van der Waals surface area contributed by atoms with Gasteiger partial charge in [0, 0.05) is 18.2 Å². The molecule has 1 fully saturated rings. The molecule has 0 bridgehead atoms. The summed E-state index contributed by atoms with van der Waals surface area (Å²) in [6.07, 6.45) is 4.98. The van der Waals surface area contributed by atoms with E-state index in [4.69, 9.17) is 4.52 Å². The molecule has 1 aliphatic rings. The second kappa shape index (κ2) is 9.92. The molecule has 1 N–H and O–H groups in total. The molecule has 162 valence electrons. The van der Waals surface area contributed by atoms with E-state index in [1.54, 1.807) is 6.07 Å². The Labute approximate surface area is 184 Å². The lowest BCUT2D eigenvalue weighted by Crippen LogP contribution is -2.38. The molecule has 0 radical (unpaired) electrons. The van der Waals surface area contributed by atoms with Gasteiger partial charge in [-0.3, -0.25) is 9.69 Å². The molecular formula is C26H31N3O2. The topological polar surface area (TPSA) is 58.4 Å².